The van der Waals surface area contributed by atoms with E-state index >= 15 is 0 Å². The molecule has 1 aliphatic heterocycles. The molecule has 0 saturated carbocycles. The normalized spacial score (nSPS) is 14.9. The van der Waals surface area contributed by atoms with Crippen LogP contribution in [0.5, 0.6) is 17.4 Å². The second-order valence-electron chi connectivity index (χ2n) is 7.82. The Labute approximate surface area is 181 Å². The van der Waals surface area contributed by atoms with E-state index in [1.807, 2.05) is 43.3 Å². The van der Waals surface area contributed by atoms with E-state index in [1.165, 1.54) is 6.33 Å². The highest BCUT2D eigenvalue weighted by Gasteiger charge is 2.11. The van der Waals surface area contributed by atoms with Gasteiger partial charge in [0.1, 0.15) is 17.8 Å². The number of rotatable bonds is 7. The van der Waals surface area contributed by atoms with Gasteiger partial charge < -0.3 is 19.2 Å². The first-order chi connectivity index (χ1) is 15.2. The van der Waals surface area contributed by atoms with Crippen molar-refractivity contribution in [2.24, 2.45) is 0 Å². The Kier molecular flexibility index (Phi) is 5.69. The van der Waals surface area contributed by atoms with Gasteiger partial charge >= 0.3 is 0 Å². The van der Waals surface area contributed by atoms with Crippen molar-refractivity contribution in [2.75, 3.05) is 39.5 Å². The lowest BCUT2D eigenvalue weighted by Gasteiger charge is -2.26. The summed E-state index contributed by atoms with van der Waals surface area (Å²) in [6, 6.07) is 13.9. The van der Waals surface area contributed by atoms with E-state index in [1.54, 1.807) is 0 Å². The number of ether oxygens (including phenoxy) is 3. The van der Waals surface area contributed by atoms with Crippen LogP contribution >= 0.6 is 0 Å². The molecule has 160 valence electrons. The molecule has 0 aliphatic carbocycles. The Balaban J connectivity index is 1.25. The molecule has 0 radical (unpaired) electrons. The minimum atomic E-state index is 0.537. The predicted molar refractivity (Wildman–Crippen MR) is 120 cm³/mol. The van der Waals surface area contributed by atoms with Gasteiger partial charge in [-0.1, -0.05) is 0 Å². The lowest BCUT2D eigenvalue weighted by molar-refractivity contribution is 0.0358. The molecule has 7 heteroatoms. The summed E-state index contributed by atoms with van der Waals surface area (Å²) >= 11 is 0. The number of aryl methyl sites for hydroxylation is 1. The van der Waals surface area contributed by atoms with Gasteiger partial charge in [0.25, 0.3) is 0 Å². The summed E-state index contributed by atoms with van der Waals surface area (Å²) in [4.78, 5) is 14.5. The highest BCUT2D eigenvalue weighted by molar-refractivity contribution is 5.85. The minimum Gasteiger partial charge on any atom is -0.493 e. The molecule has 7 nitrogen and oxygen atoms in total. The second-order valence-corrected chi connectivity index (χ2v) is 7.82. The molecule has 4 aromatic rings. The van der Waals surface area contributed by atoms with Crippen LogP contribution in [0.4, 0.5) is 0 Å². The molecule has 1 saturated heterocycles. The van der Waals surface area contributed by atoms with Crippen LogP contribution in [0.1, 0.15) is 12.1 Å². The highest BCUT2D eigenvalue weighted by Crippen LogP contribution is 2.30. The maximum atomic E-state index is 6.09. The molecule has 0 bridgehead atoms. The van der Waals surface area contributed by atoms with Crippen LogP contribution < -0.4 is 9.47 Å². The van der Waals surface area contributed by atoms with Crippen LogP contribution in [-0.2, 0) is 4.74 Å². The fourth-order valence-electron chi connectivity index (χ4n) is 3.92. The van der Waals surface area contributed by atoms with Crippen LogP contribution in [0.3, 0.4) is 0 Å². The molecule has 5 rings (SSSR count). The zero-order valence-corrected chi connectivity index (χ0v) is 17.6. The second kappa shape index (κ2) is 8.91. The maximum absolute atomic E-state index is 6.09. The summed E-state index contributed by atoms with van der Waals surface area (Å²) in [6.07, 6.45) is 2.51. The van der Waals surface area contributed by atoms with Gasteiger partial charge in [0.2, 0.25) is 5.88 Å². The fourth-order valence-corrected chi connectivity index (χ4v) is 3.92. The molecule has 0 amide bonds. The third-order valence-corrected chi connectivity index (χ3v) is 5.50. The lowest BCUT2D eigenvalue weighted by Crippen LogP contribution is -2.37. The Hall–Kier alpha value is -3.16. The molecule has 2 aromatic carbocycles. The van der Waals surface area contributed by atoms with Crippen molar-refractivity contribution in [3.63, 3.8) is 0 Å². The number of H-pyrrole nitrogens is 1. The van der Waals surface area contributed by atoms with Crippen molar-refractivity contribution in [3.05, 3.63) is 54.5 Å². The van der Waals surface area contributed by atoms with Crippen molar-refractivity contribution < 1.29 is 14.2 Å². The summed E-state index contributed by atoms with van der Waals surface area (Å²) in [5.41, 5.74) is 3.01. The smallest absolute Gasteiger partial charge is 0.230 e. The quantitative estimate of drug-likeness (QED) is 0.451. The number of hydrogen-bond acceptors (Lipinski definition) is 6. The Morgan fingerprint density at radius 3 is 2.81 bits per heavy atom. The number of aromatic amines is 1. The van der Waals surface area contributed by atoms with Crippen molar-refractivity contribution >= 4 is 21.8 Å². The van der Waals surface area contributed by atoms with Crippen LogP contribution in [0.15, 0.2) is 48.8 Å². The molecule has 0 atom stereocenters. The van der Waals surface area contributed by atoms with Gasteiger partial charge in [-0.25, -0.2) is 9.97 Å². The first-order valence-electron chi connectivity index (χ1n) is 10.7. The van der Waals surface area contributed by atoms with E-state index in [0.717, 1.165) is 78.3 Å². The fraction of sp³-hybridized carbons (Fsp3) is 0.333. The molecule has 31 heavy (non-hydrogen) atoms. The van der Waals surface area contributed by atoms with Gasteiger partial charge in [-0.15, -0.1) is 0 Å². The molecule has 2 aromatic heterocycles. The summed E-state index contributed by atoms with van der Waals surface area (Å²) in [5.74, 6) is 2.09. The molecule has 0 unspecified atom stereocenters. The van der Waals surface area contributed by atoms with Crippen LogP contribution in [0, 0.1) is 6.92 Å². The minimum absolute atomic E-state index is 0.537. The molecule has 1 aliphatic rings. The monoisotopic (exact) mass is 418 g/mol. The van der Waals surface area contributed by atoms with Gasteiger partial charge in [0.05, 0.1) is 30.7 Å². The van der Waals surface area contributed by atoms with E-state index in [9.17, 15) is 0 Å². The SMILES string of the molecule is Cc1cc2cc(Oc3ncnc4cc(OCCCN5CCOCC5)ccc34)ccc2[nH]1. The lowest BCUT2D eigenvalue weighted by atomic mass is 10.2. The molecule has 3 heterocycles. The summed E-state index contributed by atoms with van der Waals surface area (Å²) < 4.78 is 17.4. The van der Waals surface area contributed by atoms with E-state index in [0.29, 0.717) is 12.5 Å². The Bertz CT molecular complexity index is 1180. The molecular weight excluding hydrogens is 392 g/mol. The Morgan fingerprint density at radius 2 is 1.90 bits per heavy atom. The zero-order chi connectivity index (χ0) is 21.0. The van der Waals surface area contributed by atoms with Crippen LogP contribution in [0.25, 0.3) is 21.8 Å². The number of fused-ring (bicyclic) bond motifs is 2. The number of morpholine rings is 1. The number of benzene rings is 2. The van der Waals surface area contributed by atoms with E-state index < -0.39 is 0 Å². The van der Waals surface area contributed by atoms with Gasteiger partial charge in [-0.2, -0.15) is 0 Å². The first kappa shape index (κ1) is 19.8. The average molecular weight is 418 g/mol. The Morgan fingerprint density at radius 1 is 1.03 bits per heavy atom. The molecule has 1 N–H and O–H groups in total. The number of aromatic nitrogens is 3. The van der Waals surface area contributed by atoms with Crippen LogP contribution in [-0.4, -0.2) is 59.3 Å². The number of nitrogens with one attached hydrogen (secondary N) is 1. The van der Waals surface area contributed by atoms with Crippen molar-refractivity contribution in [2.45, 2.75) is 13.3 Å². The van der Waals surface area contributed by atoms with E-state index in [2.05, 4.69) is 25.9 Å². The van der Waals surface area contributed by atoms with Gasteiger partial charge in [0.15, 0.2) is 0 Å². The summed E-state index contributed by atoms with van der Waals surface area (Å²) in [5, 5.41) is 1.97. The average Bonchev–Trinajstić information content (AvgIpc) is 3.17. The summed E-state index contributed by atoms with van der Waals surface area (Å²) in [7, 11) is 0. The third-order valence-electron chi connectivity index (χ3n) is 5.50. The van der Waals surface area contributed by atoms with Crippen LogP contribution in [0.2, 0.25) is 0 Å². The maximum Gasteiger partial charge on any atom is 0.230 e. The molecule has 1 fully saturated rings. The number of nitrogens with zero attached hydrogens (tertiary/aromatic N) is 3. The molecule has 0 spiro atoms. The van der Waals surface area contributed by atoms with Gasteiger partial charge in [0, 0.05) is 42.3 Å². The number of hydrogen-bond donors (Lipinski definition) is 1. The van der Waals surface area contributed by atoms with Gasteiger partial charge in [-0.05, 0) is 49.7 Å². The van der Waals surface area contributed by atoms with Gasteiger partial charge in [-0.3, -0.25) is 4.90 Å². The first-order valence-corrected chi connectivity index (χ1v) is 10.7. The predicted octanol–water partition coefficient (Wildman–Crippen LogP) is 4.31. The van der Waals surface area contributed by atoms with E-state index in [4.69, 9.17) is 14.2 Å². The summed E-state index contributed by atoms with van der Waals surface area (Å²) in [6.45, 7) is 7.41. The standard InChI is InChI=1S/C24H26N4O3/c1-17-13-18-14-20(4-6-22(18)27-17)31-24-21-5-3-19(15-23(21)25-16-26-24)30-10-2-7-28-8-11-29-12-9-28/h3-6,13-16,27H,2,7-12H2,1H3. The topological polar surface area (TPSA) is 72.5 Å². The van der Waals surface area contributed by atoms with Crippen molar-refractivity contribution in [1.29, 1.82) is 0 Å². The van der Waals surface area contributed by atoms with Crippen molar-refractivity contribution in [3.8, 4) is 17.4 Å². The third kappa shape index (κ3) is 4.62. The van der Waals surface area contributed by atoms with Crippen molar-refractivity contribution in [1.82, 2.24) is 19.9 Å². The zero-order valence-electron chi connectivity index (χ0n) is 17.6. The highest BCUT2D eigenvalue weighted by atomic mass is 16.5. The van der Waals surface area contributed by atoms with E-state index in [-0.39, 0.29) is 0 Å². The largest absolute Gasteiger partial charge is 0.493 e. The molecular formula is C24H26N4O3.